The number of hydrogen-bond acceptors (Lipinski definition) is 6. The van der Waals surface area contributed by atoms with Crippen LogP contribution in [-0.4, -0.2) is 32.9 Å². The summed E-state index contributed by atoms with van der Waals surface area (Å²) in [6, 6.07) is 12.9. The first-order chi connectivity index (χ1) is 16.8. The fraction of sp³-hybridized carbons (Fsp3) is 0.0833. The van der Waals surface area contributed by atoms with Crippen molar-refractivity contribution in [2.75, 3.05) is 12.4 Å². The van der Waals surface area contributed by atoms with E-state index in [1.165, 1.54) is 42.3 Å². The molecule has 11 heteroatoms. The van der Waals surface area contributed by atoms with Gasteiger partial charge in [0.2, 0.25) is 5.43 Å². The molecule has 4 aromatic rings. The molecule has 2 aromatic heterocycles. The van der Waals surface area contributed by atoms with Gasteiger partial charge in [0, 0.05) is 42.6 Å². The molecule has 178 valence electrons. The van der Waals surface area contributed by atoms with Crippen molar-refractivity contribution < 1.29 is 17.9 Å². The second-order valence-electron chi connectivity index (χ2n) is 7.23. The Hall–Kier alpha value is -4.67. The van der Waals surface area contributed by atoms with Crippen LogP contribution < -0.4 is 15.5 Å². The third kappa shape index (κ3) is 5.13. The summed E-state index contributed by atoms with van der Waals surface area (Å²) in [6.45, 7) is 0. The van der Waals surface area contributed by atoms with E-state index in [1.807, 2.05) is 0 Å². The van der Waals surface area contributed by atoms with Crippen molar-refractivity contribution in [3.8, 4) is 17.1 Å². The van der Waals surface area contributed by atoms with Crippen LogP contribution in [0, 0.1) is 5.41 Å². The molecule has 0 spiro atoms. The van der Waals surface area contributed by atoms with Crippen molar-refractivity contribution in [3.63, 3.8) is 0 Å². The van der Waals surface area contributed by atoms with Crippen molar-refractivity contribution >= 4 is 17.6 Å². The summed E-state index contributed by atoms with van der Waals surface area (Å²) >= 11 is 0. The predicted molar refractivity (Wildman–Crippen MR) is 125 cm³/mol. The normalized spacial score (nSPS) is 11.8. The molecule has 2 heterocycles. The topological polar surface area (TPSA) is 97.8 Å². The molecule has 0 amide bonds. The van der Waals surface area contributed by atoms with Crippen LogP contribution in [0.5, 0.6) is 5.75 Å². The Morgan fingerprint density at radius 2 is 1.91 bits per heavy atom. The highest BCUT2D eigenvalue weighted by Crippen LogP contribution is 2.31. The maximum absolute atomic E-state index is 13.1. The first-order valence-corrected chi connectivity index (χ1v) is 10.2. The zero-order chi connectivity index (χ0) is 25.0. The monoisotopic (exact) mass is 480 g/mol. The summed E-state index contributed by atoms with van der Waals surface area (Å²) in [5.74, 6) is 0.448. The van der Waals surface area contributed by atoms with Gasteiger partial charge in [-0.15, -0.1) is 0 Å². The van der Waals surface area contributed by atoms with Gasteiger partial charge in [-0.25, -0.2) is 9.36 Å². The lowest BCUT2D eigenvalue weighted by Crippen LogP contribution is -2.19. The molecule has 0 radical (unpaired) electrons. The van der Waals surface area contributed by atoms with E-state index >= 15 is 0 Å². The van der Waals surface area contributed by atoms with Crippen LogP contribution in [0.15, 0.2) is 84.1 Å². The Morgan fingerprint density at radius 3 is 2.60 bits per heavy atom. The molecular weight excluding hydrogens is 461 g/mol. The maximum Gasteiger partial charge on any atom is 0.416 e. The van der Waals surface area contributed by atoms with Crippen LogP contribution in [0.2, 0.25) is 0 Å². The highest BCUT2D eigenvalue weighted by atomic mass is 19.4. The standard InChI is InChI=1S/C24H19F3N6O2/c1-35-22-15-18(32-12-3-11-29-32)6-7-20(22)33-13-9-21(34)23(31-33)19(8-10-28)30-17-5-2-4-16(14-17)24(25,26)27/h2-15,28,30H,1H3/b19-8-,28-10?. The number of aromatic nitrogens is 4. The van der Waals surface area contributed by atoms with Gasteiger partial charge in [-0.05, 0) is 42.5 Å². The van der Waals surface area contributed by atoms with Crippen molar-refractivity contribution in [1.29, 1.82) is 5.41 Å². The molecule has 4 rings (SSSR count). The van der Waals surface area contributed by atoms with Gasteiger partial charge in [-0.2, -0.15) is 23.4 Å². The SMILES string of the molecule is COc1cc(-n2cccn2)ccc1-n1ccc(=O)c(/C(=C/C=N)Nc2cccc(C(F)(F)F)c2)n1. The second-order valence-corrected chi connectivity index (χ2v) is 7.23. The van der Waals surface area contributed by atoms with E-state index in [2.05, 4.69) is 15.5 Å². The highest BCUT2D eigenvalue weighted by molar-refractivity contribution is 5.87. The molecule has 2 aromatic carbocycles. The lowest BCUT2D eigenvalue weighted by Gasteiger charge is -2.15. The number of benzene rings is 2. The van der Waals surface area contributed by atoms with Gasteiger partial charge in [-0.1, -0.05) is 6.07 Å². The Labute approximate surface area is 197 Å². The molecule has 2 N–H and O–H groups in total. The van der Waals surface area contributed by atoms with Crippen LogP contribution in [0.4, 0.5) is 18.9 Å². The number of halogens is 3. The van der Waals surface area contributed by atoms with Crippen molar-refractivity contribution in [1.82, 2.24) is 19.6 Å². The molecular formula is C24H19F3N6O2. The molecule has 0 fully saturated rings. The fourth-order valence-corrected chi connectivity index (χ4v) is 3.34. The number of rotatable bonds is 7. The van der Waals surface area contributed by atoms with Crippen LogP contribution >= 0.6 is 0 Å². The van der Waals surface area contributed by atoms with E-state index in [0.29, 0.717) is 11.4 Å². The average molecular weight is 480 g/mol. The van der Waals surface area contributed by atoms with Crippen LogP contribution in [-0.2, 0) is 6.18 Å². The number of allylic oxidation sites excluding steroid dienone is 1. The van der Waals surface area contributed by atoms with E-state index in [4.69, 9.17) is 10.1 Å². The summed E-state index contributed by atoms with van der Waals surface area (Å²) in [6.07, 6.45) is 2.49. The number of ether oxygens (including phenoxy) is 1. The number of nitrogens with zero attached hydrogens (tertiary/aromatic N) is 4. The summed E-state index contributed by atoms with van der Waals surface area (Å²) in [5, 5.41) is 18.8. The number of methoxy groups -OCH3 is 1. The number of nitrogens with one attached hydrogen (secondary N) is 2. The molecule has 0 bridgehead atoms. The van der Waals surface area contributed by atoms with E-state index in [-0.39, 0.29) is 17.1 Å². The van der Waals surface area contributed by atoms with Gasteiger partial charge in [0.15, 0.2) is 5.69 Å². The van der Waals surface area contributed by atoms with E-state index in [1.54, 1.807) is 41.3 Å². The number of anilines is 1. The molecule has 35 heavy (non-hydrogen) atoms. The van der Waals surface area contributed by atoms with Crippen molar-refractivity contribution in [2.45, 2.75) is 6.18 Å². The van der Waals surface area contributed by atoms with Gasteiger partial charge >= 0.3 is 6.18 Å². The Bertz CT molecular complexity index is 1440. The van der Waals surface area contributed by atoms with Gasteiger partial charge in [0.05, 0.1) is 24.1 Å². The first kappa shape index (κ1) is 23.5. The molecule has 0 aliphatic carbocycles. The maximum atomic E-state index is 13.1. The molecule has 0 atom stereocenters. The Balaban J connectivity index is 1.74. The number of alkyl halides is 3. The molecule has 0 saturated heterocycles. The van der Waals surface area contributed by atoms with Crippen molar-refractivity contribution in [3.05, 3.63) is 101 Å². The van der Waals surface area contributed by atoms with Gasteiger partial charge < -0.3 is 15.5 Å². The van der Waals surface area contributed by atoms with Gasteiger partial charge in [-0.3, -0.25) is 4.79 Å². The Kier molecular flexibility index (Phi) is 6.49. The summed E-state index contributed by atoms with van der Waals surface area (Å²) in [5.41, 5.74) is -0.0217. The van der Waals surface area contributed by atoms with Crippen molar-refractivity contribution in [2.24, 2.45) is 0 Å². The summed E-state index contributed by atoms with van der Waals surface area (Å²) in [4.78, 5) is 12.6. The highest BCUT2D eigenvalue weighted by Gasteiger charge is 2.30. The quantitative estimate of drug-likeness (QED) is 0.378. The molecule has 0 aliphatic rings. The van der Waals surface area contributed by atoms with Gasteiger partial charge in [0.1, 0.15) is 11.4 Å². The van der Waals surface area contributed by atoms with E-state index in [9.17, 15) is 18.0 Å². The summed E-state index contributed by atoms with van der Waals surface area (Å²) < 4.78 is 47.9. The minimum Gasteiger partial charge on any atom is -0.494 e. The first-order valence-electron chi connectivity index (χ1n) is 10.2. The van der Waals surface area contributed by atoms with E-state index in [0.717, 1.165) is 24.0 Å². The molecule has 0 unspecified atom stereocenters. The van der Waals surface area contributed by atoms with Gasteiger partial charge in [0.25, 0.3) is 0 Å². The zero-order valence-corrected chi connectivity index (χ0v) is 18.3. The smallest absolute Gasteiger partial charge is 0.416 e. The largest absolute Gasteiger partial charge is 0.494 e. The lowest BCUT2D eigenvalue weighted by atomic mass is 10.1. The number of hydrogen-bond donors (Lipinski definition) is 2. The van der Waals surface area contributed by atoms with Crippen LogP contribution in [0.1, 0.15) is 11.3 Å². The second kappa shape index (κ2) is 9.67. The van der Waals surface area contributed by atoms with Crippen LogP contribution in [0.25, 0.3) is 17.1 Å². The summed E-state index contributed by atoms with van der Waals surface area (Å²) in [7, 11) is 1.49. The molecule has 8 nitrogen and oxygen atoms in total. The minimum atomic E-state index is -4.53. The Morgan fingerprint density at radius 1 is 1.09 bits per heavy atom. The third-order valence-electron chi connectivity index (χ3n) is 4.96. The average Bonchev–Trinajstić information content (AvgIpc) is 3.39. The van der Waals surface area contributed by atoms with E-state index < -0.39 is 17.2 Å². The zero-order valence-electron chi connectivity index (χ0n) is 18.3. The molecule has 0 aliphatic heterocycles. The van der Waals surface area contributed by atoms with Crippen LogP contribution in [0.3, 0.4) is 0 Å². The molecule has 0 saturated carbocycles. The third-order valence-corrected chi connectivity index (χ3v) is 4.96. The predicted octanol–water partition coefficient (Wildman–Crippen LogP) is 4.55. The minimum absolute atomic E-state index is 0.0609. The fourth-order valence-electron chi connectivity index (χ4n) is 3.34. The lowest BCUT2D eigenvalue weighted by molar-refractivity contribution is -0.137.